The summed E-state index contributed by atoms with van der Waals surface area (Å²) in [6.07, 6.45) is -2.05. The van der Waals surface area contributed by atoms with Crippen LogP contribution in [0.4, 0.5) is 13.2 Å². The van der Waals surface area contributed by atoms with Crippen molar-refractivity contribution in [3.63, 3.8) is 0 Å². The number of hydrogen-bond donors (Lipinski definition) is 0. The Bertz CT molecular complexity index is 1070. The van der Waals surface area contributed by atoms with Crippen LogP contribution in [0.15, 0.2) is 41.6 Å². The number of alkyl halides is 3. The number of nitrogens with zero attached hydrogens (tertiary/aromatic N) is 5. The number of aromatic nitrogens is 4. The molecule has 28 heavy (non-hydrogen) atoms. The van der Waals surface area contributed by atoms with Gasteiger partial charge in [-0.3, -0.25) is 14.2 Å². The number of halogens is 3. The lowest BCUT2D eigenvalue weighted by Crippen LogP contribution is -2.36. The molecule has 3 rings (SSSR count). The summed E-state index contributed by atoms with van der Waals surface area (Å²) in [5, 5.41) is 4.13. The number of carbonyl (C=O) groups is 1. The molecule has 0 N–H and O–H groups in total. The maximum Gasteiger partial charge on any atom is 0.416 e. The van der Waals surface area contributed by atoms with Gasteiger partial charge >= 0.3 is 6.18 Å². The van der Waals surface area contributed by atoms with E-state index in [-0.39, 0.29) is 29.2 Å². The minimum Gasteiger partial charge on any atom is -0.342 e. The quantitative estimate of drug-likeness (QED) is 0.668. The number of rotatable bonds is 5. The molecule has 0 saturated carbocycles. The van der Waals surface area contributed by atoms with Crippen molar-refractivity contribution in [1.29, 1.82) is 0 Å². The van der Waals surface area contributed by atoms with Crippen molar-refractivity contribution >= 4 is 16.9 Å². The molecule has 3 aromatic rings. The summed E-state index contributed by atoms with van der Waals surface area (Å²) in [7, 11) is 0. The van der Waals surface area contributed by atoms with Crippen molar-refractivity contribution in [2.24, 2.45) is 0 Å². The van der Waals surface area contributed by atoms with Crippen LogP contribution < -0.4 is 5.56 Å². The Morgan fingerprint density at radius 1 is 1.21 bits per heavy atom. The van der Waals surface area contributed by atoms with Crippen molar-refractivity contribution in [1.82, 2.24) is 24.2 Å². The van der Waals surface area contributed by atoms with Crippen LogP contribution in [0.5, 0.6) is 0 Å². The minimum atomic E-state index is -4.50. The van der Waals surface area contributed by atoms with E-state index in [1.807, 2.05) is 13.8 Å². The van der Waals surface area contributed by atoms with E-state index in [9.17, 15) is 22.8 Å². The second kappa shape index (κ2) is 7.45. The van der Waals surface area contributed by atoms with E-state index in [0.29, 0.717) is 13.1 Å². The molecule has 0 aliphatic carbocycles. The van der Waals surface area contributed by atoms with E-state index in [2.05, 4.69) is 10.1 Å². The number of benzene rings is 1. The van der Waals surface area contributed by atoms with Crippen LogP contribution in [0.3, 0.4) is 0 Å². The van der Waals surface area contributed by atoms with E-state index >= 15 is 0 Å². The van der Waals surface area contributed by atoms with Gasteiger partial charge in [0.1, 0.15) is 18.3 Å². The molecule has 2 heterocycles. The largest absolute Gasteiger partial charge is 0.416 e. The number of fused-ring (bicyclic) bond motifs is 1. The van der Waals surface area contributed by atoms with Gasteiger partial charge in [-0.05, 0) is 32.0 Å². The molecular weight excluding hydrogens is 375 g/mol. The topological polar surface area (TPSA) is 73.0 Å². The Labute approximate surface area is 158 Å². The van der Waals surface area contributed by atoms with E-state index in [4.69, 9.17) is 0 Å². The lowest BCUT2D eigenvalue weighted by molar-refractivity contribution is -0.137. The summed E-state index contributed by atoms with van der Waals surface area (Å²) in [6, 6.07) is 4.59. The normalized spacial score (nSPS) is 11.8. The van der Waals surface area contributed by atoms with Crippen molar-refractivity contribution < 1.29 is 18.0 Å². The second-order valence-corrected chi connectivity index (χ2v) is 6.09. The van der Waals surface area contributed by atoms with Gasteiger partial charge < -0.3 is 4.90 Å². The number of hydrogen-bond acceptors (Lipinski definition) is 4. The Morgan fingerprint density at radius 3 is 2.57 bits per heavy atom. The summed E-state index contributed by atoms with van der Waals surface area (Å²) < 4.78 is 41.2. The molecule has 0 aliphatic heterocycles. The van der Waals surface area contributed by atoms with Crippen LogP contribution in [-0.4, -0.2) is 43.2 Å². The fraction of sp³-hybridized carbons (Fsp3) is 0.333. The summed E-state index contributed by atoms with van der Waals surface area (Å²) in [6.45, 7) is 4.55. The molecule has 10 heteroatoms. The average molecular weight is 393 g/mol. The monoisotopic (exact) mass is 393 g/mol. The predicted molar refractivity (Wildman–Crippen MR) is 96.1 cm³/mol. The predicted octanol–water partition coefficient (Wildman–Crippen LogP) is 2.47. The van der Waals surface area contributed by atoms with E-state index in [1.54, 1.807) is 4.90 Å². The molecular formula is C18H18F3N5O2. The molecule has 7 nitrogen and oxygen atoms in total. The van der Waals surface area contributed by atoms with Crippen molar-refractivity contribution in [2.75, 3.05) is 13.1 Å². The van der Waals surface area contributed by atoms with Crippen molar-refractivity contribution in [3.8, 4) is 5.69 Å². The molecule has 2 aromatic heterocycles. The van der Waals surface area contributed by atoms with Gasteiger partial charge in [-0.2, -0.15) is 18.3 Å². The molecule has 0 fully saturated rings. The van der Waals surface area contributed by atoms with Crippen molar-refractivity contribution in [2.45, 2.75) is 26.6 Å². The zero-order valence-electron chi connectivity index (χ0n) is 15.3. The maximum absolute atomic E-state index is 13.0. The second-order valence-electron chi connectivity index (χ2n) is 6.09. The Balaban J connectivity index is 2.00. The third kappa shape index (κ3) is 3.62. The maximum atomic E-state index is 13.0. The molecule has 148 valence electrons. The van der Waals surface area contributed by atoms with Crippen molar-refractivity contribution in [3.05, 3.63) is 52.7 Å². The number of carbonyl (C=O) groups excluding carboxylic acids is 1. The number of likely N-dealkylation sites (N-methyl/N-ethyl adjacent to an activating group) is 1. The fourth-order valence-electron chi connectivity index (χ4n) is 2.89. The minimum absolute atomic E-state index is 0.118. The summed E-state index contributed by atoms with van der Waals surface area (Å²) in [4.78, 5) is 30.6. The highest BCUT2D eigenvalue weighted by Gasteiger charge is 2.30. The molecule has 0 atom stereocenters. The molecule has 0 bridgehead atoms. The zero-order valence-corrected chi connectivity index (χ0v) is 15.3. The molecule has 1 aromatic carbocycles. The smallest absolute Gasteiger partial charge is 0.342 e. The van der Waals surface area contributed by atoms with E-state index in [1.165, 1.54) is 33.9 Å². The third-order valence-electron chi connectivity index (χ3n) is 4.39. The van der Waals surface area contributed by atoms with Crippen LogP contribution in [0.1, 0.15) is 19.4 Å². The highest BCUT2D eigenvalue weighted by molar-refractivity contribution is 5.78. The SMILES string of the molecule is CCN(CC)C(=O)Cn1cnc2c(cnn2-c2cccc(C(F)(F)F)c2)c1=O. The van der Waals surface area contributed by atoms with Gasteiger partial charge in [-0.15, -0.1) is 0 Å². The van der Waals surface area contributed by atoms with E-state index < -0.39 is 17.3 Å². The van der Waals surface area contributed by atoms with Gasteiger partial charge in [0, 0.05) is 13.1 Å². The molecule has 0 unspecified atom stereocenters. The van der Waals surface area contributed by atoms with E-state index in [0.717, 1.165) is 12.1 Å². The van der Waals surface area contributed by atoms with Gasteiger partial charge in [0.05, 0.1) is 17.4 Å². The first kappa shape index (κ1) is 19.6. The molecule has 0 aliphatic rings. The first-order chi connectivity index (χ1) is 13.3. The summed E-state index contributed by atoms with van der Waals surface area (Å²) >= 11 is 0. The van der Waals surface area contributed by atoms with Gasteiger partial charge in [0.15, 0.2) is 5.65 Å². The fourth-order valence-corrected chi connectivity index (χ4v) is 2.89. The first-order valence-electron chi connectivity index (χ1n) is 8.64. The molecule has 0 saturated heterocycles. The van der Waals surface area contributed by atoms with Gasteiger partial charge in [0.2, 0.25) is 5.91 Å². The Hall–Kier alpha value is -3.17. The molecule has 0 spiro atoms. The molecule has 0 radical (unpaired) electrons. The summed E-state index contributed by atoms with van der Waals surface area (Å²) in [5.74, 6) is -0.224. The highest BCUT2D eigenvalue weighted by Crippen LogP contribution is 2.30. The van der Waals surface area contributed by atoms with Gasteiger partial charge in [0.25, 0.3) is 5.56 Å². The lowest BCUT2D eigenvalue weighted by atomic mass is 10.2. The summed E-state index contributed by atoms with van der Waals surface area (Å²) in [5.41, 5.74) is -1.06. The van der Waals surface area contributed by atoms with Gasteiger partial charge in [-0.25, -0.2) is 9.67 Å². The lowest BCUT2D eigenvalue weighted by Gasteiger charge is -2.18. The van der Waals surface area contributed by atoms with Crippen LogP contribution >= 0.6 is 0 Å². The Kier molecular flexibility index (Phi) is 5.21. The molecule has 1 amide bonds. The van der Waals surface area contributed by atoms with Crippen LogP contribution in [0.25, 0.3) is 16.7 Å². The Morgan fingerprint density at radius 2 is 1.93 bits per heavy atom. The standard InChI is InChI=1S/C18H18F3N5O2/c1-3-24(4-2)15(27)10-25-11-22-16-14(17(25)28)9-23-26(16)13-7-5-6-12(8-13)18(19,20)21/h5-9,11H,3-4,10H2,1-2H3. The number of amides is 1. The third-order valence-corrected chi connectivity index (χ3v) is 4.39. The van der Waals surface area contributed by atoms with Gasteiger partial charge in [-0.1, -0.05) is 6.07 Å². The van der Waals surface area contributed by atoms with Crippen LogP contribution in [0, 0.1) is 0 Å². The highest BCUT2D eigenvalue weighted by atomic mass is 19.4. The zero-order chi connectivity index (χ0) is 20.5. The van der Waals surface area contributed by atoms with Crippen LogP contribution in [-0.2, 0) is 17.5 Å². The first-order valence-corrected chi connectivity index (χ1v) is 8.64. The average Bonchev–Trinajstić information content (AvgIpc) is 3.09. The van der Waals surface area contributed by atoms with Crippen LogP contribution in [0.2, 0.25) is 0 Å².